The van der Waals surface area contributed by atoms with E-state index in [0.29, 0.717) is 17.7 Å². The number of nitrogens with zero attached hydrogens (tertiary/aromatic N) is 2. The Bertz CT molecular complexity index is 465. The first-order valence-electron chi connectivity index (χ1n) is 5.81. The smallest absolute Gasteiger partial charge is 0.247 e. The van der Waals surface area contributed by atoms with Crippen molar-refractivity contribution in [3.63, 3.8) is 0 Å². The lowest BCUT2D eigenvalue weighted by Gasteiger charge is -2.08. The number of nitrogens with two attached hydrogens (primary N) is 1. The Morgan fingerprint density at radius 2 is 1.88 bits per heavy atom. The molecule has 1 aromatic heterocycles. The maximum atomic E-state index is 5.99. The molecule has 0 bridgehead atoms. The second-order valence-corrected chi connectivity index (χ2v) is 4.55. The van der Waals surface area contributed by atoms with Gasteiger partial charge < -0.3 is 10.2 Å². The first-order valence-corrected chi connectivity index (χ1v) is 5.81. The summed E-state index contributed by atoms with van der Waals surface area (Å²) in [7, 11) is 0. The van der Waals surface area contributed by atoms with E-state index in [0.717, 1.165) is 12.0 Å². The predicted octanol–water partition coefficient (Wildman–Crippen LogP) is 2.78. The molecule has 0 amide bonds. The third-order valence-corrected chi connectivity index (χ3v) is 2.50. The Balaban J connectivity index is 2.16. The van der Waals surface area contributed by atoms with Crippen LogP contribution in [-0.2, 0) is 0 Å². The molecule has 4 heteroatoms. The molecule has 0 aliphatic carbocycles. The van der Waals surface area contributed by atoms with Gasteiger partial charge in [-0.25, -0.2) is 0 Å². The van der Waals surface area contributed by atoms with Gasteiger partial charge in [-0.05, 0) is 24.5 Å². The fourth-order valence-corrected chi connectivity index (χ4v) is 1.69. The molecule has 17 heavy (non-hydrogen) atoms. The van der Waals surface area contributed by atoms with Gasteiger partial charge in [0.25, 0.3) is 0 Å². The Kier molecular flexibility index (Phi) is 3.54. The molecule has 2 rings (SSSR count). The summed E-state index contributed by atoms with van der Waals surface area (Å²) in [5.41, 5.74) is 6.91. The van der Waals surface area contributed by atoms with E-state index < -0.39 is 0 Å². The molecule has 0 aliphatic heterocycles. The molecule has 0 saturated carbocycles. The molecule has 1 atom stereocenters. The average molecular weight is 231 g/mol. The van der Waals surface area contributed by atoms with Crippen LogP contribution in [0.15, 0.2) is 34.7 Å². The summed E-state index contributed by atoms with van der Waals surface area (Å²) in [5.74, 6) is 1.55. The van der Waals surface area contributed by atoms with E-state index in [1.54, 1.807) is 0 Å². The zero-order valence-electron chi connectivity index (χ0n) is 10.1. The summed E-state index contributed by atoms with van der Waals surface area (Å²) in [5, 5.41) is 8.02. The van der Waals surface area contributed by atoms with E-state index in [1.807, 2.05) is 30.3 Å². The van der Waals surface area contributed by atoms with Crippen molar-refractivity contribution in [2.24, 2.45) is 11.7 Å². The van der Waals surface area contributed by atoms with Crippen LogP contribution in [0.4, 0.5) is 0 Å². The molecule has 0 fully saturated rings. The number of aromatic nitrogens is 2. The number of rotatable bonds is 4. The van der Waals surface area contributed by atoms with E-state index in [-0.39, 0.29) is 6.04 Å². The fourth-order valence-electron chi connectivity index (χ4n) is 1.69. The van der Waals surface area contributed by atoms with Crippen LogP contribution in [0.1, 0.15) is 32.2 Å². The van der Waals surface area contributed by atoms with E-state index in [4.69, 9.17) is 10.2 Å². The van der Waals surface area contributed by atoms with Crippen molar-refractivity contribution in [2.75, 3.05) is 0 Å². The van der Waals surface area contributed by atoms with Crippen LogP contribution >= 0.6 is 0 Å². The lowest BCUT2D eigenvalue weighted by atomic mass is 10.1. The van der Waals surface area contributed by atoms with E-state index in [9.17, 15) is 0 Å². The lowest BCUT2D eigenvalue weighted by Crippen LogP contribution is -2.13. The normalized spacial score (nSPS) is 12.9. The van der Waals surface area contributed by atoms with Crippen molar-refractivity contribution in [2.45, 2.75) is 26.3 Å². The van der Waals surface area contributed by atoms with Gasteiger partial charge in [-0.2, -0.15) is 0 Å². The molecule has 0 radical (unpaired) electrons. The SMILES string of the molecule is CC(C)C[C@H](N)c1nnc(-c2ccccc2)o1. The molecule has 0 saturated heterocycles. The first kappa shape index (κ1) is 11.8. The Hall–Kier alpha value is -1.68. The van der Waals surface area contributed by atoms with Gasteiger partial charge in [-0.15, -0.1) is 10.2 Å². The number of benzene rings is 1. The topological polar surface area (TPSA) is 64.9 Å². The van der Waals surface area contributed by atoms with Crippen LogP contribution in [0.5, 0.6) is 0 Å². The molecule has 2 N–H and O–H groups in total. The van der Waals surface area contributed by atoms with Gasteiger partial charge in [0.15, 0.2) is 0 Å². The molecule has 0 aliphatic rings. The van der Waals surface area contributed by atoms with E-state index in [1.165, 1.54) is 0 Å². The monoisotopic (exact) mass is 231 g/mol. The van der Waals surface area contributed by atoms with Gasteiger partial charge >= 0.3 is 0 Å². The van der Waals surface area contributed by atoms with Gasteiger partial charge in [0.1, 0.15) is 0 Å². The quantitative estimate of drug-likeness (QED) is 0.878. The minimum absolute atomic E-state index is 0.181. The Morgan fingerprint density at radius 3 is 2.53 bits per heavy atom. The highest BCUT2D eigenvalue weighted by Gasteiger charge is 2.16. The Labute approximate surface area is 101 Å². The van der Waals surface area contributed by atoms with Gasteiger partial charge in [-0.1, -0.05) is 32.0 Å². The molecular weight excluding hydrogens is 214 g/mol. The first-order chi connectivity index (χ1) is 8.16. The lowest BCUT2D eigenvalue weighted by molar-refractivity contribution is 0.408. The van der Waals surface area contributed by atoms with Gasteiger partial charge in [0.2, 0.25) is 11.8 Å². The van der Waals surface area contributed by atoms with Crippen LogP contribution in [0.25, 0.3) is 11.5 Å². The van der Waals surface area contributed by atoms with Crippen molar-refractivity contribution < 1.29 is 4.42 Å². The van der Waals surface area contributed by atoms with Crippen molar-refractivity contribution in [1.29, 1.82) is 0 Å². The highest BCUT2D eigenvalue weighted by atomic mass is 16.4. The van der Waals surface area contributed by atoms with Crippen LogP contribution in [0.3, 0.4) is 0 Å². The van der Waals surface area contributed by atoms with E-state index >= 15 is 0 Å². The zero-order chi connectivity index (χ0) is 12.3. The number of hydrogen-bond donors (Lipinski definition) is 1. The van der Waals surface area contributed by atoms with Gasteiger partial charge in [0.05, 0.1) is 6.04 Å². The second-order valence-electron chi connectivity index (χ2n) is 4.55. The highest BCUT2D eigenvalue weighted by Crippen LogP contribution is 2.22. The van der Waals surface area contributed by atoms with Gasteiger partial charge in [0, 0.05) is 5.56 Å². The fraction of sp³-hybridized carbons (Fsp3) is 0.385. The van der Waals surface area contributed by atoms with Crippen LogP contribution < -0.4 is 5.73 Å². The van der Waals surface area contributed by atoms with Crippen LogP contribution in [-0.4, -0.2) is 10.2 Å². The maximum Gasteiger partial charge on any atom is 0.247 e. The van der Waals surface area contributed by atoms with Crippen LogP contribution in [0.2, 0.25) is 0 Å². The highest BCUT2D eigenvalue weighted by molar-refractivity contribution is 5.51. The predicted molar refractivity (Wildman–Crippen MR) is 66.1 cm³/mol. The third-order valence-electron chi connectivity index (χ3n) is 2.50. The molecule has 90 valence electrons. The van der Waals surface area contributed by atoms with Gasteiger partial charge in [-0.3, -0.25) is 0 Å². The van der Waals surface area contributed by atoms with Crippen molar-refractivity contribution in [3.05, 3.63) is 36.2 Å². The molecule has 1 aromatic carbocycles. The minimum Gasteiger partial charge on any atom is -0.419 e. The molecule has 2 aromatic rings. The van der Waals surface area contributed by atoms with E-state index in [2.05, 4.69) is 24.0 Å². The standard InChI is InChI=1S/C13H17N3O/c1-9(2)8-11(14)13-16-15-12(17-13)10-6-4-3-5-7-10/h3-7,9,11H,8,14H2,1-2H3/t11-/m0/s1. The van der Waals surface area contributed by atoms with Crippen molar-refractivity contribution >= 4 is 0 Å². The zero-order valence-corrected chi connectivity index (χ0v) is 10.1. The summed E-state index contributed by atoms with van der Waals surface area (Å²) in [6.07, 6.45) is 0.844. The summed E-state index contributed by atoms with van der Waals surface area (Å²) < 4.78 is 5.59. The summed E-state index contributed by atoms with van der Waals surface area (Å²) >= 11 is 0. The third kappa shape index (κ3) is 2.91. The summed E-state index contributed by atoms with van der Waals surface area (Å²) in [6, 6.07) is 9.52. The van der Waals surface area contributed by atoms with Crippen molar-refractivity contribution in [1.82, 2.24) is 10.2 Å². The molecule has 4 nitrogen and oxygen atoms in total. The molecule has 0 unspecified atom stereocenters. The molecule has 1 heterocycles. The van der Waals surface area contributed by atoms with Crippen molar-refractivity contribution in [3.8, 4) is 11.5 Å². The second kappa shape index (κ2) is 5.10. The largest absolute Gasteiger partial charge is 0.419 e. The molecular formula is C13H17N3O. The van der Waals surface area contributed by atoms with Crippen LogP contribution in [0, 0.1) is 5.92 Å². The molecule has 0 spiro atoms. The summed E-state index contributed by atoms with van der Waals surface area (Å²) in [6.45, 7) is 4.24. The Morgan fingerprint density at radius 1 is 1.18 bits per heavy atom. The summed E-state index contributed by atoms with van der Waals surface area (Å²) in [4.78, 5) is 0. The maximum absolute atomic E-state index is 5.99. The number of hydrogen-bond acceptors (Lipinski definition) is 4. The average Bonchev–Trinajstić information content (AvgIpc) is 2.78. The minimum atomic E-state index is -0.181.